The van der Waals surface area contributed by atoms with Gasteiger partial charge in [-0.25, -0.2) is 0 Å². The quantitative estimate of drug-likeness (QED) is 0.428. The van der Waals surface area contributed by atoms with E-state index < -0.39 is 0 Å². The van der Waals surface area contributed by atoms with E-state index in [9.17, 15) is 0 Å². The molecule has 0 amide bonds. The minimum atomic E-state index is 0.673. The van der Waals surface area contributed by atoms with E-state index in [4.69, 9.17) is 0 Å². The summed E-state index contributed by atoms with van der Waals surface area (Å²) < 4.78 is 0. The van der Waals surface area contributed by atoms with E-state index in [1.165, 1.54) is 19.3 Å². The molecule has 5 saturated carbocycles. The first-order valence-electron chi connectivity index (χ1n) is 11.9. The predicted molar refractivity (Wildman–Crippen MR) is 106 cm³/mol. The molecule has 0 saturated heterocycles. The molecule has 0 heterocycles. The van der Waals surface area contributed by atoms with Crippen LogP contribution in [-0.4, -0.2) is 0 Å². The molecule has 0 N–H and O–H groups in total. The van der Waals surface area contributed by atoms with Crippen molar-refractivity contribution in [2.75, 3.05) is 0 Å². The second-order valence-corrected chi connectivity index (χ2v) is 12.1. The molecule has 0 heteroatoms. The fourth-order valence-electron chi connectivity index (χ4n) is 10.2. The van der Waals surface area contributed by atoms with Crippen LogP contribution >= 0.6 is 0 Å². The second-order valence-electron chi connectivity index (χ2n) is 12.1. The maximum Gasteiger partial charge on any atom is -0.0261 e. The largest absolute Gasteiger partial charge is 0.0622 e. The zero-order valence-electron chi connectivity index (χ0n) is 17.4. The van der Waals surface area contributed by atoms with Crippen LogP contribution in [0.5, 0.6) is 0 Å². The zero-order valence-corrected chi connectivity index (χ0v) is 17.4. The van der Waals surface area contributed by atoms with Crippen LogP contribution in [0, 0.1) is 51.8 Å². The summed E-state index contributed by atoms with van der Waals surface area (Å²) in [6, 6.07) is 0. The second kappa shape index (κ2) is 5.51. The molecule has 0 nitrogen and oxygen atoms in total. The molecule has 0 radical (unpaired) electrons. The Morgan fingerprint density at radius 2 is 1.32 bits per heavy atom. The van der Waals surface area contributed by atoms with Crippen molar-refractivity contribution in [3.63, 3.8) is 0 Å². The van der Waals surface area contributed by atoms with Gasteiger partial charge in [0.05, 0.1) is 0 Å². The van der Waals surface area contributed by atoms with Crippen molar-refractivity contribution in [2.24, 2.45) is 51.8 Å². The minimum absolute atomic E-state index is 0.673. The smallest absolute Gasteiger partial charge is 0.0261 e. The van der Waals surface area contributed by atoms with E-state index in [0.29, 0.717) is 10.8 Å². The maximum atomic E-state index is 2.78. The number of hydrogen-bond acceptors (Lipinski definition) is 0. The molecule has 0 aliphatic heterocycles. The van der Waals surface area contributed by atoms with Crippen molar-refractivity contribution in [1.82, 2.24) is 0 Å². The Morgan fingerprint density at radius 3 is 2.16 bits per heavy atom. The van der Waals surface area contributed by atoms with Gasteiger partial charge in [0.1, 0.15) is 0 Å². The van der Waals surface area contributed by atoms with E-state index in [0.717, 1.165) is 40.9 Å². The monoisotopic (exact) mass is 342 g/mol. The van der Waals surface area contributed by atoms with Gasteiger partial charge < -0.3 is 0 Å². The molecule has 0 spiro atoms. The van der Waals surface area contributed by atoms with Crippen LogP contribution in [0.4, 0.5) is 0 Å². The van der Waals surface area contributed by atoms with Crippen molar-refractivity contribution in [3.8, 4) is 0 Å². The van der Waals surface area contributed by atoms with Gasteiger partial charge in [-0.15, -0.1) is 0 Å². The Hall–Kier alpha value is 0. The number of fused-ring (bicyclic) bond motifs is 7. The first kappa shape index (κ1) is 17.1. The highest BCUT2D eigenvalue weighted by Crippen LogP contribution is 2.71. The topological polar surface area (TPSA) is 0 Å². The average molecular weight is 343 g/mol. The highest BCUT2D eigenvalue weighted by atomic mass is 14.7. The van der Waals surface area contributed by atoms with Crippen LogP contribution in [0.15, 0.2) is 0 Å². The van der Waals surface area contributed by atoms with Crippen LogP contribution in [0.3, 0.4) is 0 Å². The summed E-state index contributed by atoms with van der Waals surface area (Å²) in [5.41, 5.74) is 2.08. The zero-order chi connectivity index (χ0) is 17.4. The van der Waals surface area contributed by atoms with Gasteiger partial charge >= 0.3 is 0 Å². The Labute approximate surface area is 156 Å². The summed E-state index contributed by atoms with van der Waals surface area (Å²) in [6.45, 7) is 10.8. The summed E-state index contributed by atoms with van der Waals surface area (Å²) in [7, 11) is 0. The Balaban J connectivity index is 1.48. The lowest BCUT2D eigenvalue weighted by atomic mass is 9.38. The Kier molecular flexibility index (Phi) is 3.77. The van der Waals surface area contributed by atoms with Gasteiger partial charge in [-0.2, -0.15) is 0 Å². The predicted octanol–water partition coefficient (Wildman–Crippen LogP) is 7.47. The van der Waals surface area contributed by atoms with Crippen LogP contribution in [0.25, 0.3) is 0 Å². The molecule has 5 rings (SSSR count). The normalized spacial score (nSPS) is 61.0. The van der Waals surface area contributed by atoms with E-state index in [2.05, 4.69) is 27.7 Å². The van der Waals surface area contributed by atoms with Crippen LogP contribution in [0.1, 0.15) is 105 Å². The lowest BCUT2D eigenvalue weighted by molar-refractivity contribution is -0.181. The maximum absolute atomic E-state index is 2.78. The molecule has 5 aliphatic rings. The highest BCUT2D eigenvalue weighted by Gasteiger charge is 2.63. The number of hydrogen-bond donors (Lipinski definition) is 0. The molecule has 142 valence electrons. The number of rotatable bonds is 0. The summed E-state index contributed by atoms with van der Waals surface area (Å²) >= 11 is 0. The Bertz CT molecular complexity index is 536. The van der Waals surface area contributed by atoms with Gasteiger partial charge in [0, 0.05) is 0 Å². The first-order valence-corrected chi connectivity index (χ1v) is 11.9. The van der Waals surface area contributed by atoms with Crippen LogP contribution < -0.4 is 0 Å². The highest BCUT2D eigenvalue weighted by molar-refractivity contribution is 5.12. The lowest BCUT2D eigenvalue weighted by Gasteiger charge is -2.67. The molecule has 25 heavy (non-hydrogen) atoms. The van der Waals surface area contributed by atoms with Crippen molar-refractivity contribution in [2.45, 2.75) is 105 Å². The molecule has 0 aromatic rings. The van der Waals surface area contributed by atoms with E-state index >= 15 is 0 Å². The molecule has 5 aliphatic carbocycles. The standard InChI is InChI=1S/C25H42/c1-17-7-5-14-24(3)19(17)12-16-25(4)21-11-15-23(2)13-6-8-20(23)18(21)9-10-22(24)25/h17-22H,5-16H2,1-4H3. The third-order valence-electron chi connectivity index (χ3n) is 11.3. The van der Waals surface area contributed by atoms with Gasteiger partial charge in [0.25, 0.3) is 0 Å². The van der Waals surface area contributed by atoms with Gasteiger partial charge in [-0.05, 0) is 110 Å². The van der Waals surface area contributed by atoms with E-state index in [-0.39, 0.29) is 0 Å². The van der Waals surface area contributed by atoms with Crippen molar-refractivity contribution >= 4 is 0 Å². The molecule has 9 unspecified atom stereocenters. The molecular formula is C25H42. The Morgan fingerprint density at radius 1 is 0.600 bits per heavy atom. The van der Waals surface area contributed by atoms with Crippen molar-refractivity contribution in [3.05, 3.63) is 0 Å². The third kappa shape index (κ3) is 2.18. The summed E-state index contributed by atoms with van der Waals surface area (Å²) in [5.74, 6) is 6.30. The summed E-state index contributed by atoms with van der Waals surface area (Å²) in [4.78, 5) is 0. The van der Waals surface area contributed by atoms with Gasteiger partial charge in [0.15, 0.2) is 0 Å². The van der Waals surface area contributed by atoms with Crippen molar-refractivity contribution in [1.29, 1.82) is 0 Å². The molecular weight excluding hydrogens is 300 g/mol. The van der Waals surface area contributed by atoms with Gasteiger partial charge in [0.2, 0.25) is 0 Å². The summed E-state index contributed by atoms with van der Waals surface area (Å²) in [5, 5.41) is 0. The lowest BCUT2D eigenvalue weighted by Crippen LogP contribution is -2.59. The van der Waals surface area contributed by atoms with Crippen molar-refractivity contribution < 1.29 is 0 Å². The van der Waals surface area contributed by atoms with E-state index in [1.54, 1.807) is 57.8 Å². The molecule has 5 fully saturated rings. The first-order chi connectivity index (χ1) is 11.9. The fraction of sp³-hybridized carbons (Fsp3) is 1.00. The fourth-order valence-corrected chi connectivity index (χ4v) is 10.2. The SMILES string of the molecule is CC1CCCC2(C)C1CCC1(C)C3CCC4(C)CCCC4C3CCC21. The molecule has 0 aromatic heterocycles. The molecule has 9 atom stereocenters. The van der Waals surface area contributed by atoms with Gasteiger partial charge in [-0.3, -0.25) is 0 Å². The average Bonchev–Trinajstić information content (AvgIpc) is 2.96. The minimum Gasteiger partial charge on any atom is -0.0622 e. The van der Waals surface area contributed by atoms with Crippen LogP contribution in [0.2, 0.25) is 0 Å². The van der Waals surface area contributed by atoms with E-state index in [1.807, 2.05) is 0 Å². The summed E-state index contributed by atoms with van der Waals surface area (Å²) in [6.07, 6.45) is 18.6. The van der Waals surface area contributed by atoms with Gasteiger partial charge in [-0.1, -0.05) is 47.0 Å². The third-order valence-corrected chi connectivity index (χ3v) is 11.3. The van der Waals surface area contributed by atoms with Crippen LogP contribution in [-0.2, 0) is 0 Å². The molecule has 0 aromatic carbocycles. The molecule has 0 bridgehead atoms.